The number of hydrogen-bond acceptors (Lipinski definition) is 4. The van der Waals surface area contributed by atoms with Crippen LogP contribution in [-0.2, 0) is 11.2 Å². The zero-order valence-electron chi connectivity index (χ0n) is 21.0. The minimum absolute atomic E-state index is 0.104. The van der Waals surface area contributed by atoms with E-state index in [0.29, 0.717) is 24.0 Å². The summed E-state index contributed by atoms with van der Waals surface area (Å²) in [5.41, 5.74) is 4.13. The molecular weight excluding hydrogens is 468 g/mol. The normalized spacial score (nSPS) is 13.8. The Morgan fingerprint density at radius 2 is 1.69 bits per heavy atom. The largest absolute Gasteiger partial charge is 0.490 e. The summed E-state index contributed by atoms with van der Waals surface area (Å²) >= 11 is 5.85. The number of nitrogens with zero attached hydrogens (tertiary/aromatic N) is 1. The summed E-state index contributed by atoms with van der Waals surface area (Å²) in [4.78, 5) is 15.5. The van der Waals surface area contributed by atoms with Gasteiger partial charge in [-0.05, 0) is 74.4 Å². The molecule has 3 aromatic carbocycles. The average molecular weight is 503 g/mol. The molecule has 0 atom stereocenters. The number of likely N-dealkylation sites (tertiary alicyclic amines) is 1. The van der Waals surface area contributed by atoms with Crippen LogP contribution in [0.25, 0.3) is 0 Å². The maximum Gasteiger partial charge on any atom is 0.262 e. The van der Waals surface area contributed by atoms with E-state index in [4.69, 9.17) is 21.7 Å². The molecule has 0 unspecified atom stereocenters. The van der Waals surface area contributed by atoms with E-state index in [0.717, 1.165) is 54.2 Å². The molecule has 1 heterocycles. The zero-order valence-corrected chi connectivity index (χ0v) is 21.9. The molecule has 0 aromatic heterocycles. The van der Waals surface area contributed by atoms with Gasteiger partial charge in [0.2, 0.25) is 0 Å². The van der Waals surface area contributed by atoms with Gasteiger partial charge in [0, 0.05) is 24.3 Å². The summed E-state index contributed by atoms with van der Waals surface area (Å²) in [6.07, 6.45) is 3.38. The fourth-order valence-electron chi connectivity index (χ4n) is 4.54. The van der Waals surface area contributed by atoms with Crippen LogP contribution in [0.2, 0.25) is 0 Å². The van der Waals surface area contributed by atoms with Gasteiger partial charge in [0.15, 0.2) is 18.1 Å². The second kappa shape index (κ2) is 12.5. The van der Waals surface area contributed by atoms with E-state index in [1.165, 1.54) is 5.56 Å². The number of carbonyl (C=O) groups excluding carboxylic acids is 1. The molecule has 4 rings (SSSR count). The van der Waals surface area contributed by atoms with Crippen molar-refractivity contribution in [1.29, 1.82) is 0 Å². The van der Waals surface area contributed by atoms with Crippen LogP contribution in [0.15, 0.2) is 72.8 Å². The van der Waals surface area contributed by atoms with Gasteiger partial charge in [-0.25, -0.2) is 0 Å². The van der Waals surface area contributed by atoms with Crippen molar-refractivity contribution < 1.29 is 14.3 Å². The summed E-state index contributed by atoms with van der Waals surface area (Å²) in [5, 5.41) is 2.89. The Labute approximate surface area is 219 Å². The number of benzene rings is 3. The van der Waals surface area contributed by atoms with E-state index in [-0.39, 0.29) is 12.5 Å². The zero-order chi connectivity index (χ0) is 25.3. The van der Waals surface area contributed by atoms with Gasteiger partial charge in [-0.3, -0.25) is 4.79 Å². The predicted octanol–water partition coefficient (Wildman–Crippen LogP) is 6.04. The minimum Gasteiger partial charge on any atom is -0.490 e. The molecule has 0 radical (unpaired) electrons. The van der Waals surface area contributed by atoms with Crippen LogP contribution in [0.3, 0.4) is 0 Å². The second-order valence-electron chi connectivity index (χ2n) is 9.17. The van der Waals surface area contributed by atoms with Crippen LogP contribution in [-0.4, -0.2) is 42.1 Å². The molecular formula is C30H34N2O3S. The maximum absolute atomic E-state index is 12.4. The maximum atomic E-state index is 12.4. The van der Waals surface area contributed by atoms with E-state index in [1.54, 1.807) is 0 Å². The molecule has 5 nitrogen and oxygen atoms in total. The fourth-order valence-corrected chi connectivity index (χ4v) is 4.85. The highest BCUT2D eigenvalue weighted by Crippen LogP contribution is 2.30. The molecule has 188 valence electrons. The summed E-state index contributed by atoms with van der Waals surface area (Å²) in [7, 11) is 0. The Bertz CT molecular complexity index is 1170. The van der Waals surface area contributed by atoms with Crippen molar-refractivity contribution in [3.63, 3.8) is 0 Å². The lowest BCUT2D eigenvalue weighted by molar-refractivity contribution is -0.118. The molecule has 1 N–H and O–H groups in total. The fraction of sp³-hybridized carbons (Fsp3) is 0.333. The third kappa shape index (κ3) is 6.85. The number of aryl methyl sites for hydroxylation is 1. The molecule has 1 fully saturated rings. The van der Waals surface area contributed by atoms with Crippen LogP contribution in [0.5, 0.6) is 11.5 Å². The van der Waals surface area contributed by atoms with E-state index < -0.39 is 0 Å². The first-order valence-corrected chi connectivity index (χ1v) is 13.0. The Morgan fingerprint density at radius 1 is 0.972 bits per heavy atom. The van der Waals surface area contributed by atoms with Crippen molar-refractivity contribution in [2.24, 2.45) is 5.92 Å². The van der Waals surface area contributed by atoms with Gasteiger partial charge in [-0.2, -0.15) is 0 Å². The quantitative estimate of drug-likeness (QED) is 0.362. The SMILES string of the molecule is CCOc1cc(C(=S)N2CCC(Cc3ccccc3)CC2)ccc1OCC(=O)Nc1ccccc1C. The van der Waals surface area contributed by atoms with Crippen LogP contribution in [0, 0.1) is 12.8 Å². The van der Waals surface area contributed by atoms with Crippen molar-refractivity contribution in [2.45, 2.75) is 33.1 Å². The lowest BCUT2D eigenvalue weighted by atomic mass is 9.90. The Hall–Kier alpha value is -3.38. The minimum atomic E-state index is -0.218. The molecule has 0 aliphatic carbocycles. The molecule has 6 heteroatoms. The van der Waals surface area contributed by atoms with Crippen LogP contribution in [0.4, 0.5) is 5.69 Å². The third-order valence-corrected chi connectivity index (χ3v) is 7.03. The predicted molar refractivity (Wildman–Crippen MR) is 149 cm³/mol. The van der Waals surface area contributed by atoms with Gasteiger partial charge >= 0.3 is 0 Å². The summed E-state index contributed by atoms with van der Waals surface area (Å²) in [5.74, 6) is 1.60. The van der Waals surface area contributed by atoms with Gasteiger partial charge in [0.25, 0.3) is 5.91 Å². The van der Waals surface area contributed by atoms with Gasteiger partial charge in [0.05, 0.1) is 6.61 Å². The smallest absolute Gasteiger partial charge is 0.262 e. The second-order valence-corrected chi connectivity index (χ2v) is 9.56. The average Bonchev–Trinajstić information content (AvgIpc) is 2.90. The molecule has 0 bridgehead atoms. The number of carbonyl (C=O) groups is 1. The van der Waals surface area contributed by atoms with E-state index >= 15 is 0 Å². The number of hydrogen-bond donors (Lipinski definition) is 1. The van der Waals surface area contributed by atoms with Crippen LogP contribution >= 0.6 is 12.2 Å². The topological polar surface area (TPSA) is 50.8 Å². The number of para-hydroxylation sites is 1. The van der Waals surface area contributed by atoms with E-state index in [1.807, 2.05) is 56.3 Å². The van der Waals surface area contributed by atoms with Crippen molar-refractivity contribution >= 4 is 28.8 Å². The standard InChI is InChI=1S/C30H34N2O3S/c1-3-34-28-20-25(13-14-27(28)35-21-29(33)31-26-12-8-7-9-22(26)2)30(36)32-17-15-24(16-18-32)19-23-10-5-4-6-11-23/h4-14,20,24H,3,15-19,21H2,1-2H3,(H,31,33). The van der Waals surface area contributed by atoms with Crippen LogP contribution < -0.4 is 14.8 Å². The first-order valence-electron chi connectivity index (χ1n) is 12.6. The van der Waals surface area contributed by atoms with Crippen molar-refractivity contribution in [2.75, 3.05) is 31.6 Å². The highest BCUT2D eigenvalue weighted by molar-refractivity contribution is 7.80. The monoisotopic (exact) mass is 502 g/mol. The number of thiocarbonyl (C=S) groups is 1. The molecule has 1 aliphatic rings. The first kappa shape index (κ1) is 25.7. The molecule has 36 heavy (non-hydrogen) atoms. The highest BCUT2D eigenvalue weighted by Gasteiger charge is 2.22. The molecule has 1 amide bonds. The van der Waals surface area contributed by atoms with Gasteiger partial charge in [-0.15, -0.1) is 0 Å². The van der Waals surface area contributed by atoms with Gasteiger partial charge in [-0.1, -0.05) is 60.7 Å². The third-order valence-electron chi connectivity index (χ3n) is 6.54. The highest BCUT2D eigenvalue weighted by atomic mass is 32.1. The first-order chi connectivity index (χ1) is 17.5. The lowest BCUT2D eigenvalue weighted by Gasteiger charge is -2.34. The summed E-state index contributed by atoms with van der Waals surface area (Å²) in [6, 6.07) is 24.1. The Morgan fingerprint density at radius 3 is 2.42 bits per heavy atom. The number of amides is 1. The Kier molecular flexibility index (Phi) is 8.95. The molecule has 1 aliphatic heterocycles. The number of ether oxygens (including phenoxy) is 2. The van der Waals surface area contributed by atoms with Gasteiger partial charge < -0.3 is 19.7 Å². The number of rotatable bonds is 9. The molecule has 0 spiro atoms. The van der Waals surface area contributed by atoms with Crippen LogP contribution in [0.1, 0.15) is 36.5 Å². The van der Waals surface area contributed by atoms with E-state index in [2.05, 4.69) is 40.5 Å². The lowest BCUT2D eigenvalue weighted by Crippen LogP contribution is -2.38. The Balaban J connectivity index is 1.34. The number of piperidine rings is 1. The summed E-state index contributed by atoms with van der Waals surface area (Å²) in [6.45, 7) is 6.18. The summed E-state index contributed by atoms with van der Waals surface area (Å²) < 4.78 is 11.7. The molecule has 3 aromatic rings. The van der Waals surface area contributed by atoms with Crippen molar-refractivity contribution in [3.05, 3.63) is 89.5 Å². The van der Waals surface area contributed by atoms with E-state index in [9.17, 15) is 4.79 Å². The van der Waals surface area contributed by atoms with Crippen molar-refractivity contribution in [3.8, 4) is 11.5 Å². The van der Waals surface area contributed by atoms with Crippen molar-refractivity contribution in [1.82, 2.24) is 4.90 Å². The number of nitrogens with one attached hydrogen (secondary N) is 1. The number of anilines is 1. The van der Waals surface area contributed by atoms with Gasteiger partial charge in [0.1, 0.15) is 4.99 Å². The molecule has 1 saturated heterocycles. The molecule has 0 saturated carbocycles.